The summed E-state index contributed by atoms with van der Waals surface area (Å²) in [5.74, 6) is 1.39. The lowest BCUT2D eigenvalue weighted by atomic mass is 9.83. The lowest BCUT2D eigenvalue weighted by Crippen LogP contribution is -2.43. The highest BCUT2D eigenvalue weighted by Gasteiger charge is 2.36. The Kier molecular flexibility index (Phi) is 4.42. The highest BCUT2D eigenvalue weighted by molar-refractivity contribution is 5.88. The largest absolute Gasteiger partial charge is 0.493 e. The standard InChI is InChI=1S/C16H24N2O3/c1-16(2,15(19)18-8-7-12(17)10-18)11-5-6-13(20-3)14(9-11)21-4/h5-6,9,12H,7-8,10,17H2,1-4H3/t12-/m0/s1. The molecule has 1 aromatic carbocycles. The molecule has 0 bridgehead atoms. The minimum Gasteiger partial charge on any atom is -0.493 e. The molecule has 116 valence electrons. The smallest absolute Gasteiger partial charge is 0.232 e. The van der Waals surface area contributed by atoms with Crippen molar-refractivity contribution in [2.75, 3.05) is 27.3 Å². The number of rotatable bonds is 4. The molecule has 0 radical (unpaired) electrons. The molecule has 1 atom stereocenters. The molecule has 2 rings (SSSR count). The van der Waals surface area contributed by atoms with Crippen molar-refractivity contribution in [3.63, 3.8) is 0 Å². The van der Waals surface area contributed by atoms with Crippen molar-refractivity contribution in [1.29, 1.82) is 0 Å². The molecule has 1 aliphatic heterocycles. The van der Waals surface area contributed by atoms with E-state index in [1.165, 1.54) is 0 Å². The van der Waals surface area contributed by atoms with Crippen molar-refractivity contribution in [2.24, 2.45) is 5.73 Å². The van der Waals surface area contributed by atoms with E-state index in [0.717, 1.165) is 18.5 Å². The first-order chi connectivity index (χ1) is 9.90. The second kappa shape index (κ2) is 5.93. The molecule has 1 amide bonds. The number of nitrogens with two attached hydrogens (primary N) is 1. The van der Waals surface area contributed by atoms with E-state index in [9.17, 15) is 4.79 Å². The van der Waals surface area contributed by atoms with Gasteiger partial charge in [-0.05, 0) is 38.0 Å². The van der Waals surface area contributed by atoms with E-state index in [0.29, 0.717) is 18.0 Å². The van der Waals surface area contributed by atoms with Gasteiger partial charge in [-0.25, -0.2) is 0 Å². The molecule has 1 saturated heterocycles. The highest BCUT2D eigenvalue weighted by Crippen LogP contribution is 2.34. The summed E-state index contributed by atoms with van der Waals surface area (Å²) in [5.41, 5.74) is 6.18. The quantitative estimate of drug-likeness (QED) is 0.914. The lowest BCUT2D eigenvalue weighted by Gasteiger charge is -2.30. The van der Waals surface area contributed by atoms with E-state index >= 15 is 0 Å². The Labute approximate surface area is 126 Å². The van der Waals surface area contributed by atoms with E-state index in [4.69, 9.17) is 15.2 Å². The SMILES string of the molecule is COc1ccc(C(C)(C)C(=O)N2CC[C@H](N)C2)cc1OC. The van der Waals surface area contributed by atoms with E-state index in [1.54, 1.807) is 14.2 Å². The van der Waals surface area contributed by atoms with Crippen LogP contribution in [0.2, 0.25) is 0 Å². The zero-order valence-electron chi connectivity index (χ0n) is 13.2. The normalized spacial score (nSPS) is 18.7. The van der Waals surface area contributed by atoms with E-state index in [2.05, 4.69) is 0 Å². The van der Waals surface area contributed by atoms with Crippen LogP contribution in [0.3, 0.4) is 0 Å². The van der Waals surface area contributed by atoms with Crippen LogP contribution in [0.15, 0.2) is 18.2 Å². The van der Waals surface area contributed by atoms with E-state index in [-0.39, 0.29) is 11.9 Å². The van der Waals surface area contributed by atoms with Crippen LogP contribution in [0.4, 0.5) is 0 Å². The number of methoxy groups -OCH3 is 2. The van der Waals surface area contributed by atoms with Gasteiger partial charge in [-0.15, -0.1) is 0 Å². The van der Waals surface area contributed by atoms with Gasteiger partial charge >= 0.3 is 0 Å². The van der Waals surface area contributed by atoms with Gasteiger partial charge < -0.3 is 20.1 Å². The van der Waals surface area contributed by atoms with Crippen LogP contribution in [0.1, 0.15) is 25.8 Å². The fourth-order valence-electron chi connectivity index (χ4n) is 2.72. The number of carbonyl (C=O) groups is 1. The molecule has 5 nitrogen and oxygen atoms in total. The van der Waals surface area contributed by atoms with Crippen LogP contribution in [-0.2, 0) is 10.2 Å². The molecule has 5 heteroatoms. The lowest BCUT2D eigenvalue weighted by molar-refractivity contribution is -0.135. The Morgan fingerprint density at radius 2 is 1.95 bits per heavy atom. The maximum absolute atomic E-state index is 12.8. The Hall–Kier alpha value is -1.75. The molecular formula is C16H24N2O3. The first kappa shape index (κ1) is 15.6. The van der Waals surface area contributed by atoms with Gasteiger partial charge in [0, 0.05) is 19.1 Å². The van der Waals surface area contributed by atoms with E-state index < -0.39 is 5.41 Å². The van der Waals surface area contributed by atoms with Gasteiger partial charge in [-0.1, -0.05) is 6.07 Å². The minimum atomic E-state index is -0.621. The van der Waals surface area contributed by atoms with Gasteiger partial charge in [0.25, 0.3) is 0 Å². The van der Waals surface area contributed by atoms with Crippen LogP contribution >= 0.6 is 0 Å². The van der Waals surface area contributed by atoms with Crippen LogP contribution in [0.5, 0.6) is 11.5 Å². The molecule has 0 unspecified atom stereocenters. The molecule has 0 spiro atoms. The molecule has 0 saturated carbocycles. The maximum Gasteiger partial charge on any atom is 0.232 e. The van der Waals surface area contributed by atoms with Gasteiger partial charge in [-0.2, -0.15) is 0 Å². The molecule has 2 N–H and O–H groups in total. The Morgan fingerprint density at radius 3 is 2.48 bits per heavy atom. The van der Waals surface area contributed by atoms with Gasteiger partial charge in [-0.3, -0.25) is 4.79 Å². The van der Waals surface area contributed by atoms with Crippen molar-refractivity contribution in [2.45, 2.75) is 31.7 Å². The Morgan fingerprint density at radius 1 is 1.29 bits per heavy atom. The summed E-state index contributed by atoms with van der Waals surface area (Å²) in [6, 6.07) is 5.70. The fraction of sp³-hybridized carbons (Fsp3) is 0.562. The fourth-order valence-corrected chi connectivity index (χ4v) is 2.72. The number of hydrogen-bond acceptors (Lipinski definition) is 4. The summed E-state index contributed by atoms with van der Waals surface area (Å²) in [6.45, 7) is 5.23. The van der Waals surface area contributed by atoms with Crippen molar-refractivity contribution >= 4 is 5.91 Å². The molecular weight excluding hydrogens is 268 g/mol. The number of likely N-dealkylation sites (tertiary alicyclic amines) is 1. The third-order valence-corrected chi connectivity index (χ3v) is 4.15. The second-order valence-electron chi connectivity index (χ2n) is 5.99. The highest BCUT2D eigenvalue weighted by atomic mass is 16.5. The summed E-state index contributed by atoms with van der Waals surface area (Å²) in [7, 11) is 3.19. The predicted octanol–water partition coefficient (Wildman–Crippen LogP) is 1.54. The summed E-state index contributed by atoms with van der Waals surface area (Å²) in [4.78, 5) is 14.6. The molecule has 21 heavy (non-hydrogen) atoms. The summed E-state index contributed by atoms with van der Waals surface area (Å²) in [6.07, 6.45) is 0.869. The third-order valence-electron chi connectivity index (χ3n) is 4.15. The maximum atomic E-state index is 12.8. The molecule has 1 aliphatic rings. The predicted molar refractivity (Wildman–Crippen MR) is 81.7 cm³/mol. The molecule has 0 aliphatic carbocycles. The Bertz CT molecular complexity index is 528. The number of carbonyl (C=O) groups excluding carboxylic acids is 1. The minimum absolute atomic E-state index is 0.0927. The zero-order valence-corrected chi connectivity index (χ0v) is 13.2. The Balaban J connectivity index is 2.28. The van der Waals surface area contributed by atoms with Gasteiger partial charge in [0.15, 0.2) is 11.5 Å². The van der Waals surface area contributed by atoms with Gasteiger partial charge in [0.1, 0.15) is 0 Å². The molecule has 1 aromatic rings. The number of nitrogens with zero attached hydrogens (tertiary/aromatic N) is 1. The molecule has 1 fully saturated rings. The van der Waals surface area contributed by atoms with Crippen LogP contribution < -0.4 is 15.2 Å². The van der Waals surface area contributed by atoms with Gasteiger partial charge in [0.2, 0.25) is 5.91 Å². The average Bonchev–Trinajstić information content (AvgIpc) is 2.91. The van der Waals surface area contributed by atoms with E-state index in [1.807, 2.05) is 36.9 Å². The monoisotopic (exact) mass is 292 g/mol. The first-order valence-corrected chi connectivity index (χ1v) is 7.17. The number of hydrogen-bond donors (Lipinski definition) is 1. The zero-order chi connectivity index (χ0) is 15.6. The van der Waals surface area contributed by atoms with Crippen LogP contribution in [0.25, 0.3) is 0 Å². The first-order valence-electron chi connectivity index (χ1n) is 7.17. The average molecular weight is 292 g/mol. The third kappa shape index (κ3) is 2.97. The van der Waals surface area contributed by atoms with Crippen molar-refractivity contribution < 1.29 is 14.3 Å². The van der Waals surface area contributed by atoms with Crippen LogP contribution in [0, 0.1) is 0 Å². The summed E-state index contributed by atoms with van der Waals surface area (Å²) in [5, 5.41) is 0. The summed E-state index contributed by atoms with van der Waals surface area (Å²) >= 11 is 0. The van der Waals surface area contributed by atoms with Crippen LogP contribution in [-0.4, -0.2) is 44.2 Å². The summed E-state index contributed by atoms with van der Waals surface area (Å²) < 4.78 is 10.6. The second-order valence-corrected chi connectivity index (χ2v) is 5.99. The van der Waals surface area contributed by atoms with Crippen molar-refractivity contribution in [3.05, 3.63) is 23.8 Å². The number of benzene rings is 1. The van der Waals surface area contributed by atoms with Crippen molar-refractivity contribution in [3.8, 4) is 11.5 Å². The number of amides is 1. The number of ether oxygens (including phenoxy) is 2. The molecule has 0 aromatic heterocycles. The van der Waals surface area contributed by atoms with Crippen molar-refractivity contribution in [1.82, 2.24) is 4.90 Å². The van der Waals surface area contributed by atoms with Gasteiger partial charge in [0.05, 0.1) is 19.6 Å². The molecule has 1 heterocycles. The topological polar surface area (TPSA) is 64.8 Å².